The van der Waals surface area contributed by atoms with E-state index in [1.807, 2.05) is 18.2 Å². The summed E-state index contributed by atoms with van der Waals surface area (Å²) in [4.78, 5) is 2.18. The Labute approximate surface area is 126 Å². The van der Waals surface area contributed by atoms with E-state index in [1.165, 1.54) is 5.56 Å². The van der Waals surface area contributed by atoms with E-state index < -0.39 is 6.10 Å². The number of fused-ring (bicyclic) bond motifs is 3. The molecule has 4 heteroatoms. The highest BCUT2D eigenvalue weighted by atomic mass is 16.5. The largest absolute Gasteiger partial charge is 0.493 e. The number of aliphatic hydroxyl groups is 1. The SMILES string of the molecule is COc1cccc2c1O[C@H]1C[C@@H](O)C=C[C@@]21CCN(C)C. The molecule has 1 aromatic rings. The van der Waals surface area contributed by atoms with Crippen LogP contribution in [0.4, 0.5) is 0 Å². The predicted octanol–water partition coefficient (Wildman–Crippen LogP) is 1.97. The highest BCUT2D eigenvalue weighted by molar-refractivity contribution is 5.56. The van der Waals surface area contributed by atoms with Crippen LogP contribution >= 0.6 is 0 Å². The summed E-state index contributed by atoms with van der Waals surface area (Å²) in [5.74, 6) is 1.61. The molecule has 0 spiro atoms. The van der Waals surface area contributed by atoms with Crippen molar-refractivity contribution < 1.29 is 14.6 Å². The van der Waals surface area contributed by atoms with Gasteiger partial charge in [-0.05, 0) is 33.1 Å². The van der Waals surface area contributed by atoms with Crippen molar-refractivity contribution in [3.8, 4) is 11.5 Å². The molecular weight excluding hydrogens is 266 g/mol. The summed E-state index contributed by atoms with van der Waals surface area (Å²) < 4.78 is 11.6. The summed E-state index contributed by atoms with van der Waals surface area (Å²) in [5.41, 5.74) is 1.02. The van der Waals surface area contributed by atoms with E-state index in [1.54, 1.807) is 7.11 Å². The third kappa shape index (κ3) is 2.32. The average molecular weight is 289 g/mol. The van der Waals surface area contributed by atoms with E-state index in [0.717, 1.165) is 24.5 Å². The molecule has 3 rings (SSSR count). The van der Waals surface area contributed by atoms with Crippen molar-refractivity contribution in [2.75, 3.05) is 27.7 Å². The second kappa shape index (κ2) is 5.35. The molecule has 1 aliphatic carbocycles. The maximum Gasteiger partial charge on any atom is 0.165 e. The minimum absolute atomic E-state index is 0.0243. The number of hydrogen-bond acceptors (Lipinski definition) is 4. The van der Waals surface area contributed by atoms with Crippen LogP contribution in [0.3, 0.4) is 0 Å². The molecule has 0 unspecified atom stereocenters. The van der Waals surface area contributed by atoms with Crippen LogP contribution in [-0.2, 0) is 5.41 Å². The van der Waals surface area contributed by atoms with Crippen molar-refractivity contribution in [1.29, 1.82) is 0 Å². The Morgan fingerprint density at radius 2 is 2.24 bits per heavy atom. The van der Waals surface area contributed by atoms with Crippen LogP contribution in [0.1, 0.15) is 18.4 Å². The molecule has 3 atom stereocenters. The third-order valence-electron chi connectivity index (χ3n) is 4.58. The minimum Gasteiger partial charge on any atom is -0.493 e. The van der Waals surface area contributed by atoms with Crippen molar-refractivity contribution in [2.24, 2.45) is 0 Å². The first-order chi connectivity index (χ1) is 10.1. The molecule has 1 N–H and O–H groups in total. The molecule has 1 aliphatic heterocycles. The smallest absolute Gasteiger partial charge is 0.165 e. The van der Waals surface area contributed by atoms with Crippen molar-refractivity contribution >= 4 is 0 Å². The van der Waals surface area contributed by atoms with E-state index in [0.29, 0.717) is 6.42 Å². The van der Waals surface area contributed by atoms with Gasteiger partial charge in [0.2, 0.25) is 0 Å². The molecule has 114 valence electrons. The molecule has 0 aromatic heterocycles. The van der Waals surface area contributed by atoms with Crippen LogP contribution < -0.4 is 9.47 Å². The van der Waals surface area contributed by atoms with Crippen molar-refractivity contribution in [2.45, 2.75) is 30.5 Å². The molecule has 4 nitrogen and oxygen atoms in total. The number of aliphatic hydroxyl groups excluding tert-OH is 1. The number of nitrogens with zero attached hydrogens (tertiary/aromatic N) is 1. The lowest BCUT2D eigenvalue weighted by Crippen LogP contribution is -2.43. The van der Waals surface area contributed by atoms with Gasteiger partial charge in [0.15, 0.2) is 11.5 Å². The molecule has 1 aromatic carbocycles. The van der Waals surface area contributed by atoms with Gasteiger partial charge in [-0.25, -0.2) is 0 Å². The topological polar surface area (TPSA) is 41.9 Å². The highest BCUT2D eigenvalue weighted by Gasteiger charge is 2.50. The lowest BCUT2D eigenvalue weighted by Gasteiger charge is -2.36. The van der Waals surface area contributed by atoms with Crippen LogP contribution in [0.2, 0.25) is 0 Å². The van der Waals surface area contributed by atoms with Gasteiger partial charge >= 0.3 is 0 Å². The zero-order chi connectivity index (χ0) is 15.0. The number of ether oxygens (including phenoxy) is 2. The Bertz CT molecular complexity index is 555. The fourth-order valence-electron chi connectivity index (χ4n) is 3.41. The van der Waals surface area contributed by atoms with Gasteiger partial charge in [0, 0.05) is 12.0 Å². The fourth-order valence-corrected chi connectivity index (χ4v) is 3.41. The van der Waals surface area contributed by atoms with E-state index in [2.05, 4.69) is 31.1 Å². The maximum atomic E-state index is 9.95. The predicted molar refractivity (Wildman–Crippen MR) is 82.0 cm³/mol. The molecule has 21 heavy (non-hydrogen) atoms. The van der Waals surface area contributed by atoms with E-state index in [9.17, 15) is 5.11 Å². The summed E-state index contributed by atoms with van der Waals surface area (Å²) >= 11 is 0. The second-order valence-electron chi connectivity index (χ2n) is 6.20. The Kier molecular flexibility index (Phi) is 3.68. The minimum atomic E-state index is -0.428. The molecular formula is C17H23NO3. The summed E-state index contributed by atoms with van der Waals surface area (Å²) in [7, 11) is 5.82. The number of para-hydroxylation sites is 1. The number of benzene rings is 1. The molecule has 0 fully saturated rings. The molecule has 0 amide bonds. The first-order valence-corrected chi connectivity index (χ1v) is 7.43. The molecule has 2 aliphatic rings. The molecule has 0 radical (unpaired) electrons. The van der Waals surface area contributed by atoms with Gasteiger partial charge in [0.1, 0.15) is 6.10 Å². The van der Waals surface area contributed by atoms with E-state index >= 15 is 0 Å². The summed E-state index contributed by atoms with van der Waals surface area (Å²) in [6.07, 6.45) is 5.19. The van der Waals surface area contributed by atoms with Gasteiger partial charge in [0.25, 0.3) is 0 Å². The van der Waals surface area contributed by atoms with Crippen LogP contribution in [-0.4, -0.2) is 50.0 Å². The third-order valence-corrected chi connectivity index (χ3v) is 4.58. The second-order valence-corrected chi connectivity index (χ2v) is 6.20. The lowest BCUT2D eigenvalue weighted by atomic mass is 9.70. The van der Waals surface area contributed by atoms with E-state index in [-0.39, 0.29) is 11.5 Å². The standard InChI is InChI=1S/C17H23NO3/c1-18(2)10-9-17-8-7-12(19)11-15(17)21-16-13(17)5-4-6-14(16)20-3/h4-8,12,15,19H,9-11H2,1-3H3/t12-,15-,17+/m0/s1. The van der Waals surface area contributed by atoms with Crippen molar-refractivity contribution in [1.82, 2.24) is 4.90 Å². The van der Waals surface area contributed by atoms with Gasteiger partial charge in [-0.15, -0.1) is 0 Å². The highest BCUT2D eigenvalue weighted by Crippen LogP contribution is 2.52. The van der Waals surface area contributed by atoms with Crippen LogP contribution in [0.5, 0.6) is 11.5 Å². The Morgan fingerprint density at radius 3 is 2.95 bits per heavy atom. The zero-order valence-corrected chi connectivity index (χ0v) is 12.9. The van der Waals surface area contributed by atoms with Crippen molar-refractivity contribution in [3.63, 3.8) is 0 Å². The van der Waals surface area contributed by atoms with Gasteiger partial charge in [-0.3, -0.25) is 0 Å². The van der Waals surface area contributed by atoms with Gasteiger partial charge < -0.3 is 19.5 Å². The fraction of sp³-hybridized carbons (Fsp3) is 0.529. The van der Waals surface area contributed by atoms with Gasteiger partial charge in [-0.1, -0.05) is 24.3 Å². The van der Waals surface area contributed by atoms with Crippen LogP contribution in [0, 0.1) is 0 Å². The average Bonchev–Trinajstić information content (AvgIpc) is 2.79. The maximum absolute atomic E-state index is 9.95. The van der Waals surface area contributed by atoms with Crippen LogP contribution in [0.15, 0.2) is 30.4 Å². The lowest BCUT2D eigenvalue weighted by molar-refractivity contribution is 0.0819. The first kappa shape index (κ1) is 14.4. The monoisotopic (exact) mass is 289 g/mol. The van der Waals surface area contributed by atoms with Gasteiger partial charge in [0.05, 0.1) is 18.6 Å². The number of hydrogen-bond donors (Lipinski definition) is 1. The quantitative estimate of drug-likeness (QED) is 0.861. The normalized spacial score (nSPS) is 30.0. The first-order valence-electron chi connectivity index (χ1n) is 7.43. The summed E-state index contributed by atoms with van der Waals surface area (Å²) in [6.45, 7) is 0.969. The van der Waals surface area contributed by atoms with Crippen LogP contribution in [0.25, 0.3) is 0 Å². The summed E-state index contributed by atoms with van der Waals surface area (Å²) in [6, 6.07) is 6.06. The molecule has 0 saturated carbocycles. The molecule has 0 bridgehead atoms. The Hall–Kier alpha value is -1.52. The Morgan fingerprint density at radius 1 is 1.43 bits per heavy atom. The number of rotatable bonds is 4. The molecule has 1 heterocycles. The Balaban J connectivity index is 2.05. The van der Waals surface area contributed by atoms with Gasteiger partial charge in [-0.2, -0.15) is 0 Å². The molecule has 0 saturated heterocycles. The van der Waals surface area contributed by atoms with Crippen molar-refractivity contribution in [3.05, 3.63) is 35.9 Å². The summed E-state index contributed by atoms with van der Waals surface area (Å²) in [5, 5.41) is 9.95. The zero-order valence-electron chi connectivity index (χ0n) is 12.9. The number of methoxy groups -OCH3 is 1. The van der Waals surface area contributed by atoms with E-state index in [4.69, 9.17) is 9.47 Å².